The molecule has 2 atom stereocenters. The molecular weight excluding hydrogens is 236 g/mol. The average Bonchev–Trinajstić information content (AvgIpc) is 3.25. The van der Waals surface area contributed by atoms with Crippen molar-refractivity contribution < 1.29 is 9.47 Å². The van der Waals surface area contributed by atoms with Crippen molar-refractivity contribution in [3.8, 4) is 0 Å². The quantitative estimate of drug-likeness (QED) is 0.596. The van der Waals surface area contributed by atoms with Crippen molar-refractivity contribution in [3.05, 3.63) is 78.1 Å². The molecule has 0 aliphatic carbocycles. The van der Waals surface area contributed by atoms with Crippen LogP contribution in [0.15, 0.2) is 66.9 Å². The van der Waals surface area contributed by atoms with Gasteiger partial charge >= 0.3 is 0 Å². The molecule has 0 amide bonds. The third-order valence-corrected chi connectivity index (χ3v) is 3.13. The third kappa shape index (κ3) is 3.24. The molecular formula is C17H16O2. The van der Waals surface area contributed by atoms with E-state index in [-0.39, 0.29) is 12.2 Å². The fourth-order valence-electron chi connectivity index (χ4n) is 2.05. The Hall–Kier alpha value is -2.06. The van der Waals surface area contributed by atoms with E-state index in [1.54, 1.807) is 6.26 Å². The van der Waals surface area contributed by atoms with Crippen LogP contribution in [0.25, 0.3) is 6.08 Å². The van der Waals surface area contributed by atoms with Gasteiger partial charge in [-0.3, -0.25) is 0 Å². The van der Waals surface area contributed by atoms with Crippen molar-refractivity contribution >= 4 is 6.08 Å². The zero-order chi connectivity index (χ0) is 12.9. The first-order valence-corrected chi connectivity index (χ1v) is 6.47. The van der Waals surface area contributed by atoms with Crippen molar-refractivity contribution in [1.82, 2.24) is 0 Å². The smallest absolute Gasteiger partial charge is 0.123 e. The van der Waals surface area contributed by atoms with E-state index in [1.807, 2.05) is 54.6 Å². The second-order valence-corrected chi connectivity index (χ2v) is 4.55. The third-order valence-electron chi connectivity index (χ3n) is 3.13. The van der Waals surface area contributed by atoms with E-state index in [0.717, 1.165) is 5.56 Å². The van der Waals surface area contributed by atoms with Crippen LogP contribution in [0.5, 0.6) is 0 Å². The topological polar surface area (TPSA) is 21.8 Å². The molecule has 1 aliphatic rings. The van der Waals surface area contributed by atoms with Crippen LogP contribution in [-0.2, 0) is 9.47 Å². The lowest BCUT2D eigenvalue weighted by atomic mass is 10.1. The maximum atomic E-state index is 5.60. The van der Waals surface area contributed by atoms with E-state index >= 15 is 0 Å². The van der Waals surface area contributed by atoms with Crippen LogP contribution in [0.2, 0.25) is 0 Å². The van der Waals surface area contributed by atoms with Gasteiger partial charge in [0.15, 0.2) is 0 Å². The predicted molar refractivity (Wildman–Crippen MR) is 75.5 cm³/mol. The minimum atomic E-state index is 0.183. The first-order valence-electron chi connectivity index (χ1n) is 6.47. The van der Waals surface area contributed by atoms with Crippen molar-refractivity contribution in [3.63, 3.8) is 0 Å². The first-order chi connectivity index (χ1) is 9.43. The van der Waals surface area contributed by atoms with Gasteiger partial charge in [0.25, 0.3) is 0 Å². The molecule has 3 rings (SSSR count). The Morgan fingerprint density at radius 1 is 0.947 bits per heavy atom. The maximum Gasteiger partial charge on any atom is 0.123 e. The molecule has 2 aromatic rings. The van der Waals surface area contributed by atoms with Gasteiger partial charge in [0.05, 0.1) is 6.26 Å². The van der Waals surface area contributed by atoms with Crippen LogP contribution >= 0.6 is 0 Å². The number of epoxide rings is 1. The summed E-state index contributed by atoms with van der Waals surface area (Å²) >= 11 is 0. The molecule has 2 heteroatoms. The summed E-state index contributed by atoms with van der Waals surface area (Å²) in [5, 5.41) is 0. The maximum absolute atomic E-state index is 5.60. The minimum Gasteiger partial charge on any atom is -0.498 e. The van der Waals surface area contributed by atoms with Crippen molar-refractivity contribution in [2.75, 3.05) is 6.61 Å². The Bertz CT molecular complexity index is 534. The van der Waals surface area contributed by atoms with Crippen molar-refractivity contribution in [1.29, 1.82) is 0 Å². The second kappa shape index (κ2) is 5.72. The summed E-state index contributed by atoms with van der Waals surface area (Å²) in [6.07, 6.45) is 4.08. The van der Waals surface area contributed by atoms with Gasteiger partial charge in [-0.05, 0) is 17.2 Å². The lowest BCUT2D eigenvalue weighted by Crippen LogP contribution is -1.98. The molecule has 0 radical (unpaired) electrons. The highest BCUT2D eigenvalue weighted by atomic mass is 16.6. The SMILES string of the molecule is C(=C\c1ccccc1)/OC[C@H]1O[C@H]1c1ccccc1. The van der Waals surface area contributed by atoms with Crippen LogP contribution in [-0.4, -0.2) is 12.7 Å². The Labute approximate surface area is 113 Å². The molecule has 19 heavy (non-hydrogen) atoms. The molecule has 0 spiro atoms. The summed E-state index contributed by atoms with van der Waals surface area (Å²) < 4.78 is 11.1. The Kier molecular flexibility index (Phi) is 3.61. The normalized spacial score (nSPS) is 21.5. The number of ether oxygens (including phenoxy) is 2. The molecule has 1 aliphatic heterocycles. The fraction of sp³-hybridized carbons (Fsp3) is 0.176. The van der Waals surface area contributed by atoms with Crippen LogP contribution in [0.4, 0.5) is 0 Å². The lowest BCUT2D eigenvalue weighted by Gasteiger charge is -1.97. The van der Waals surface area contributed by atoms with E-state index in [4.69, 9.17) is 9.47 Å². The molecule has 1 saturated heterocycles. The van der Waals surface area contributed by atoms with Gasteiger partial charge in [0.1, 0.15) is 18.8 Å². The molecule has 0 saturated carbocycles. The van der Waals surface area contributed by atoms with Gasteiger partial charge in [0, 0.05) is 0 Å². The molecule has 0 aromatic heterocycles. The zero-order valence-corrected chi connectivity index (χ0v) is 10.6. The molecule has 96 valence electrons. The standard InChI is InChI=1S/C17H16O2/c1-3-7-14(8-4-1)11-12-18-13-16-17(19-16)15-9-5-2-6-10-15/h1-12,16-17H,13H2/b12-11+/t16-,17+/m1/s1. The Morgan fingerprint density at radius 3 is 2.37 bits per heavy atom. The molecule has 2 nitrogen and oxygen atoms in total. The van der Waals surface area contributed by atoms with Crippen molar-refractivity contribution in [2.45, 2.75) is 12.2 Å². The summed E-state index contributed by atoms with van der Waals surface area (Å²) in [5.41, 5.74) is 2.36. The average molecular weight is 252 g/mol. The highest BCUT2D eigenvalue weighted by Gasteiger charge is 2.40. The molecule has 2 aromatic carbocycles. The monoisotopic (exact) mass is 252 g/mol. The number of hydrogen-bond donors (Lipinski definition) is 0. The fourth-order valence-corrected chi connectivity index (χ4v) is 2.05. The molecule has 1 fully saturated rings. The van der Waals surface area contributed by atoms with E-state index in [0.29, 0.717) is 6.61 Å². The minimum absolute atomic E-state index is 0.183. The van der Waals surface area contributed by atoms with Crippen LogP contribution in [0, 0.1) is 0 Å². The number of benzene rings is 2. The van der Waals surface area contributed by atoms with E-state index in [1.165, 1.54) is 5.56 Å². The Morgan fingerprint density at radius 2 is 1.63 bits per heavy atom. The second-order valence-electron chi connectivity index (χ2n) is 4.55. The predicted octanol–water partition coefficient (Wildman–Crippen LogP) is 3.81. The first kappa shape index (κ1) is 12.0. The summed E-state index contributed by atoms with van der Waals surface area (Å²) in [4.78, 5) is 0. The lowest BCUT2D eigenvalue weighted by molar-refractivity contribution is 0.213. The van der Waals surface area contributed by atoms with Crippen molar-refractivity contribution in [2.24, 2.45) is 0 Å². The van der Waals surface area contributed by atoms with Crippen LogP contribution in [0.1, 0.15) is 17.2 Å². The molecule has 0 N–H and O–H groups in total. The van der Waals surface area contributed by atoms with E-state index < -0.39 is 0 Å². The highest BCUT2D eigenvalue weighted by Crippen LogP contribution is 2.38. The summed E-state index contributed by atoms with van der Waals surface area (Å²) in [6, 6.07) is 20.4. The van der Waals surface area contributed by atoms with Crippen LogP contribution in [0.3, 0.4) is 0 Å². The number of hydrogen-bond acceptors (Lipinski definition) is 2. The largest absolute Gasteiger partial charge is 0.498 e. The zero-order valence-electron chi connectivity index (χ0n) is 10.6. The van der Waals surface area contributed by atoms with Gasteiger partial charge in [-0.2, -0.15) is 0 Å². The molecule has 0 unspecified atom stereocenters. The highest BCUT2D eigenvalue weighted by molar-refractivity contribution is 5.47. The summed E-state index contributed by atoms with van der Waals surface area (Å²) in [7, 11) is 0. The Balaban J connectivity index is 1.44. The molecule has 0 bridgehead atoms. The van der Waals surface area contributed by atoms with E-state index in [2.05, 4.69) is 12.1 Å². The van der Waals surface area contributed by atoms with Gasteiger partial charge in [-0.1, -0.05) is 60.7 Å². The van der Waals surface area contributed by atoms with Crippen LogP contribution < -0.4 is 0 Å². The van der Waals surface area contributed by atoms with Gasteiger partial charge in [-0.15, -0.1) is 0 Å². The summed E-state index contributed by atoms with van der Waals surface area (Å²) in [6.45, 7) is 0.600. The summed E-state index contributed by atoms with van der Waals surface area (Å²) in [5.74, 6) is 0. The number of rotatable bonds is 5. The van der Waals surface area contributed by atoms with Gasteiger partial charge in [-0.25, -0.2) is 0 Å². The van der Waals surface area contributed by atoms with Gasteiger partial charge in [0.2, 0.25) is 0 Å². The van der Waals surface area contributed by atoms with E-state index in [9.17, 15) is 0 Å². The van der Waals surface area contributed by atoms with Gasteiger partial charge < -0.3 is 9.47 Å². The molecule has 1 heterocycles.